The smallest absolute Gasteiger partial charge is 0.356 e. The molecule has 0 atom stereocenters. The number of hydrogen-bond acceptors (Lipinski definition) is 6. The van der Waals surface area contributed by atoms with Gasteiger partial charge in [-0.25, -0.2) is 4.79 Å². The molecule has 10 heteroatoms. The first-order valence-electron chi connectivity index (χ1n) is 10.4. The lowest BCUT2D eigenvalue weighted by Gasteiger charge is -2.09. The maximum atomic E-state index is 10.3. The molecule has 0 radical (unpaired) electrons. The van der Waals surface area contributed by atoms with E-state index in [0.717, 1.165) is 33.5 Å². The predicted octanol–water partition coefficient (Wildman–Crippen LogP) is 4.53. The molecule has 5 aromatic rings. The van der Waals surface area contributed by atoms with Crippen molar-refractivity contribution in [1.29, 1.82) is 0 Å². The summed E-state index contributed by atoms with van der Waals surface area (Å²) in [6.07, 6.45) is 0. The largest absolute Gasteiger partial charge is 0.476 e. The number of nitrogens with two attached hydrogens (primary N) is 1. The van der Waals surface area contributed by atoms with E-state index in [1.807, 2.05) is 53.1 Å². The Hall–Kier alpha value is -3.95. The molecule has 0 aliphatic carbocycles. The van der Waals surface area contributed by atoms with E-state index in [9.17, 15) is 4.79 Å². The molecule has 0 spiro atoms. The molecule has 0 aliphatic rings. The molecule has 0 amide bonds. The van der Waals surface area contributed by atoms with Crippen LogP contribution in [-0.4, -0.2) is 35.6 Å². The number of fused-ring (bicyclic) bond motifs is 1. The zero-order valence-corrected chi connectivity index (χ0v) is 19.6. The Morgan fingerprint density at radius 2 is 1.85 bits per heavy atom. The van der Waals surface area contributed by atoms with Gasteiger partial charge in [-0.1, -0.05) is 47.1 Å². The van der Waals surface area contributed by atoms with Gasteiger partial charge in [-0.2, -0.15) is 10.1 Å². The minimum atomic E-state index is -0.983. The minimum Gasteiger partial charge on any atom is -0.476 e. The van der Waals surface area contributed by atoms with Crippen LogP contribution in [0.4, 0.5) is 0 Å². The van der Waals surface area contributed by atoms with Gasteiger partial charge in [-0.15, -0.1) is 0 Å². The average molecular weight is 479 g/mol. The van der Waals surface area contributed by atoms with Gasteiger partial charge in [0, 0.05) is 37.3 Å². The number of aromatic carboxylic acids is 1. The fraction of sp³-hybridized carbons (Fsp3) is 0.167. The minimum absolute atomic E-state index is 0.0972. The van der Waals surface area contributed by atoms with Crippen LogP contribution in [0.3, 0.4) is 0 Å². The van der Waals surface area contributed by atoms with Crippen LogP contribution in [-0.2, 0) is 13.6 Å². The third-order valence-electron chi connectivity index (χ3n) is 5.32. The number of rotatable bonds is 4. The summed E-state index contributed by atoms with van der Waals surface area (Å²) in [6.45, 7) is 4.07. The van der Waals surface area contributed by atoms with Crippen molar-refractivity contribution in [3.05, 3.63) is 82.5 Å². The maximum Gasteiger partial charge on any atom is 0.356 e. The second-order valence-corrected chi connectivity index (χ2v) is 8.00. The van der Waals surface area contributed by atoms with E-state index in [1.54, 1.807) is 20.9 Å². The van der Waals surface area contributed by atoms with Gasteiger partial charge in [0.1, 0.15) is 5.69 Å². The fourth-order valence-electron chi connectivity index (χ4n) is 3.51. The van der Waals surface area contributed by atoms with Gasteiger partial charge < -0.3 is 19.9 Å². The van der Waals surface area contributed by atoms with Crippen LogP contribution < -0.4 is 5.73 Å². The highest BCUT2D eigenvalue weighted by molar-refractivity contribution is 6.38. The zero-order valence-electron chi connectivity index (χ0n) is 18.9. The number of nitrogens with zero attached hydrogens (tertiary/aromatic N) is 5. The number of benzene rings is 2. The van der Waals surface area contributed by atoms with E-state index >= 15 is 0 Å². The molecule has 0 saturated carbocycles. The van der Waals surface area contributed by atoms with Crippen molar-refractivity contribution in [2.24, 2.45) is 12.8 Å². The number of aromatic nitrogens is 5. The van der Waals surface area contributed by atoms with Gasteiger partial charge in [-0.05, 0) is 36.8 Å². The molecular formula is C24H23ClN6O3. The molecule has 3 aromatic heterocycles. The van der Waals surface area contributed by atoms with E-state index in [-0.39, 0.29) is 5.69 Å². The van der Waals surface area contributed by atoms with Crippen molar-refractivity contribution in [1.82, 2.24) is 24.5 Å². The van der Waals surface area contributed by atoms with Gasteiger partial charge in [0.25, 0.3) is 0 Å². The van der Waals surface area contributed by atoms with Crippen molar-refractivity contribution >= 4 is 28.5 Å². The molecule has 0 saturated heterocycles. The predicted molar refractivity (Wildman–Crippen MR) is 129 cm³/mol. The first-order chi connectivity index (χ1) is 16.3. The Morgan fingerprint density at radius 3 is 2.38 bits per heavy atom. The van der Waals surface area contributed by atoms with Crippen molar-refractivity contribution in [2.45, 2.75) is 20.4 Å². The molecular weight excluding hydrogens is 456 g/mol. The van der Waals surface area contributed by atoms with Crippen molar-refractivity contribution in [3.63, 3.8) is 0 Å². The van der Waals surface area contributed by atoms with Crippen LogP contribution in [0.5, 0.6) is 0 Å². The molecule has 2 aromatic carbocycles. The van der Waals surface area contributed by atoms with Gasteiger partial charge >= 0.3 is 5.97 Å². The number of aryl methyl sites for hydroxylation is 3. The first-order valence-corrected chi connectivity index (χ1v) is 10.8. The lowest BCUT2D eigenvalue weighted by molar-refractivity contribution is 0.0689. The van der Waals surface area contributed by atoms with E-state index in [0.29, 0.717) is 23.3 Å². The fourth-order valence-corrected chi connectivity index (χ4v) is 3.84. The average Bonchev–Trinajstić information content (AvgIpc) is 3.50. The van der Waals surface area contributed by atoms with Crippen LogP contribution in [0.1, 0.15) is 27.6 Å². The highest BCUT2D eigenvalue weighted by Crippen LogP contribution is 2.38. The molecule has 3 N–H and O–H groups in total. The summed E-state index contributed by atoms with van der Waals surface area (Å²) in [6, 6.07) is 17.5. The van der Waals surface area contributed by atoms with Crippen LogP contribution in [0, 0.1) is 13.8 Å². The van der Waals surface area contributed by atoms with Gasteiger partial charge in [0.15, 0.2) is 5.69 Å². The van der Waals surface area contributed by atoms with Gasteiger partial charge in [0.2, 0.25) is 11.7 Å². The molecule has 0 unspecified atom stereocenters. The summed E-state index contributed by atoms with van der Waals surface area (Å²) in [7, 11) is 1.71. The quantitative estimate of drug-likeness (QED) is 0.388. The van der Waals surface area contributed by atoms with E-state index in [4.69, 9.17) is 27.0 Å². The maximum absolute atomic E-state index is 10.3. The summed E-state index contributed by atoms with van der Waals surface area (Å²) < 4.78 is 8.72. The highest BCUT2D eigenvalue weighted by Gasteiger charge is 2.22. The van der Waals surface area contributed by atoms with Crippen molar-refractivity contribution < 1.29 is 14.4 Å². The summed E-state index contributed by atoms with van der Waals surface area (Å²) in [5.74, 6) is -0.0170. The Balaban J connectivity index is 0.000000231. The second kappa shape index (κ2) is 9.50. The normalized spacial score (nSPS) is 10.9. The monoisotopic (exact) mass is 478 g/mol. The number of halogens is 1. The third kappa shape index (κ3) is 4.43. The summed E-state index contributed by atoms with van der Waals surface area (Å²) >= 11 is 6.65. The Kier molecular flexibility index (Phi) is 6.49. The van der Waals surface area contributed by atoms with E-state index in [2.05, 4.69) is 15.2 Å². The Morgan fingerprint density at radius 1 is 1.15 bits per heavy atom. The number of para-hydroxylation sites is 1. The van der Waals surface area contributed by atoms with Crippen molar-refractivity contribution in [2.75, 3.05) is 0 Å². The topological polar surface area (TPSA) is 125 Å². The SMILES string of the molecule is Cc1cc(C(=O)O)nn1C.Cc1nc(-c2c(Cl)c3ccccc3n2-c2ccc(CN)cc2)no1. The molecule has 0 bridgehead atoms. The lowest BCUT2D eigenvalue weighted by atomic mass is 10.2. The van der Waals surface area contributed by atoms with Gasteiger partial charge in [-0.3, -0.25) is 4.68 Å². The van der Waals surface area contributed by atoms with E-state index < -0.39 is 5.97 Å². The third-order valence-corrected chi connectivity index (χ3v) is 5.70. The molecule has 0 aliphatic heterocycles. The molecule has 0 fully saturated rings. The lowest BCUT2D eigenvalue weighted by Crippen LogP contribution is -2.00. The summed E-state index contributed by atoms with van der Waals surface area (Å²) in [5, 5.41) is 17.8. The number of carboxylic acids is 1. The zero-order chi connectivity index (χ0) is 24.4. The standard InChI is InChI=1S/C18H15ClN4O.C6H8N2O2/c1-11-21-18(22-24-11)17-16(19)14-4-2-3-5-15(14)23(17)13-8-6-12(10-20)7-9-13;1-4-3-5(6(9)10)7-8(4)2/h2-9H,10,20H2,1H3;3H,1-2H3,(H,9,10). The Bertz CT molecular complexity index is 1450. The molecule has 9 nitrogen and oxygen atoms in total. The van der Waals surface area contributed by atoms with Crippen LogP contribution >= 0.6 is 11.6 Å². The molecule has 3 heterocycles. The second-order valence-electron chi connectivity index (χ2n) is 7.62. The molecule has 174 valence electrons. The van der Waals surface area contributed by atoms with E-state index in [1.165, 1.54) is 10.7 Å². The number of carboxylic acid groups (broad SMARTS) is 1. The summed E-state index contributed by atoms with van der Waals surface area (Å²) in [4.78, 5) is 14.6. The van der Waals surface area contributed by atoms with Crippen LogP contribution in [0.2, 0.25) is 5.02 Å². The number of hydrogen-bond donors (Lipinski definition) is 2. The van der Waals surface area contributed by atoms with Crippen molar-refractivity contribution in [3.8, 4) is 17.2 Å². The first kappa shape index (κ1) is 23.2. The van der Waals surface area contributed by atoms with Crippen LogP contribution in [0.25, 0.3) is 28.1 Å². The molecule has 34 heavy (non-hydrogen) atoms. The highest BCUT2D eigenvalue weighted by atomic mass is 35.5. The molecule has 5 rings (SSSR count). The van der Waals surface area contributed by atoms with Crippen LogP contribution in [0.15, 0.2) is 59.1 Å². The summed E-state index contributed by atoms with van der Waals surface area (Å²) in [5.41, 5.74) is 10.4. The Labute approximate surface area is 200 Å². The van der Waals surface area contributed by atoms with Gasteiger partial charge in [0.05, 0.1) is 10.5 Å². The number of carbonyl (C=O) groups is 1.